The van der Waals surface area contributed by atoms with Gasteiger partial charge in [-0.2, -0.15) is 0 Å². The first kappa shape index (κ1) is 16.5. The lowest BCUT2D eigenvalue weighted by Crippen LogP contribution is -2.41. The number of aromatic hydroxyl groups is 1. The van der Waals surface area contributed by atoms with Gasteiger partial charge in [0.25, 0.3) is 0 Å². The Morgan fingerprint density at radius 2 is 1.91 bits per heavy atom. The van der Waals surface area contributed by atoms with Gasteiger partial charge in [0.15, 0.2) is 11.5 Å². The zero-order valence-electron chi connectivity index (χ0n) is 13.8. The number of phenolic OH excluding ortho intramolecular Hbond substituents is 1. The second-order valence-corrected chi connectivity index (χ2v) is 6.67. The molecule has 2 rings (SSSR count). The Morgan fingerprint density at radius 1 is 1.27 bits per heavy atom. The third-order valence-electron chi connectivity index (χ3n) is 3.82. The van der Waals surface area contributed by atoms with E-state index >= 15 is 0 Å². The Labute approximate surface area is 131 Å². The topological polar surface area (TPSA) is 59.0 Å². The van der Waals surface area contributed by atoms with Crippen LogP contribution in [0.15, 0.2) is 18.2 Å². The third kappa shape index (κ3) is 4.06. The molecule has 22 heavy (non-hydrogen) atoms. The van der Waals surface area contributed by atoms with Crippen molar-refractivity contribution in [2.75, 3.05) is 20.2 Å². The minimum atomic E-state index is -0.463. The minimum Gasteiger partial charge on any atom is -0.504 e. The summed E-state index contributed by atoms with van der Waals surface area (Å²) in [6.07, 6.45) is 1.49. The average molecular weight is 307 g/mol. The molecule has 0 spiro atoms. The summed E-state index contributed by atoms with van der Waals surface area (Å²) < 4.78 is 10.5. The van der Waals surface area contributed by atoms with Crippen LogP contribution >= 0.6 is 0 Å². The number of likely N-dealkylation sites (tertiary alicyclic amines) is 1. The van der Waals surface area contributed by atoms with E-state index in [4.69, 9.17) is 9.47 Å². The van der Waals surface area contributed by atoms with Crippen LogP contribution in [0.25, 0.3) is 0 Å². The smallest absolute Gasteiger partial charge is 0.410 e. The summed E-state index contributed by atoms with van der Waals surface area (Å²) in [5.41, 5.74) is 0.623. The molecule has 122 valence electrons. The van der Waals surface area contributed by atoms with Crippen molar-refractivity contribution in [3.05, 3.63) is 23.8 Å². The van der Waals surface area contributed by atoms with E-state index in [9.17, 15) is 9.90 Å². The summed E-state index contributed by atoms with van der Waals surface area (Å²) in [6.45, 7) is 6.96. The fraction of sp³-hybridized carbons (Fsp3) is 0.588. The van der Waals surface area contributed by atoms with Crippen molar-refractivity contribution < 1.29 is 19.4 Å². The maximum absolute atomic E-state index is 12.0. The molecule has 1 amide bonds. The van der Waals surface area contributed by atoms with E-state index in [1.165, 1.54) is 7.11 Å². The van der Waals surface area contributed by atoms with Gasteiger partial charge < -0.3 is 19.5 Å². The van der Waals surface area contributed by atoms with Gasteiger partial charge in [0.2, 0.25) is 0 Å². The SMILES string of the molecule is COc1ccc(C2CCN(C(=O)OC(C)(C)C)CC2)cc1O. The van der Waals surface area contributed by atoms with E-state index < -0.39 is 5.60 Å². The fourth-order valence-corrected chi connectivity index (χ4v) is 2.68. The van der Waals surface area contributed by atoms with Gasteiger partial charge in [0, 0.05) is 13.1 Å². The van der Waals surface area contributed by atoms with Crippen LogP contribution in [-0.4, -0.2) is 41.9 Å². The second kappa shape index (κ2) is 6.46. The molecular weight excluding hydrogens is 282 g/mol. The van der Waals surface area contributed by atoms with Crippen molar-refractivity contribution in [3.63, 3.8) is 0 Å². The summed E-state index contributed by atoms with van der Waals surface area (Å²) >= 11 is 0. The molecule has 1 heterocycles. The first-order valence-electron chi connectivity index (χ1n) is 7.65. The zero-order chi connectivity index (χ0) is 16.3. The van der Waals surface area contributed by atoms with Gasteiger partial charge in [0.1, 0.15) is 5.60 Å². The van der Waals surface area contributed by atoms with Crippen LogP contribution in [0.1, 0.15) is 45.1 Å². The minimum absolute atomic E-state index is 0.162. The van der Waals surface area contributed by atoms with Gasteiger partial charge in [-0.1, -0.05) is 6.07 Å². The van der Waals surface area contributed by atoms with Crippen molar-refractivity contribution >= 4 is 6.09 Å². The lowest BCUT2D eigenvalue weighted by Gasteiger charge is -2.33. The average Bonchev–Trinajstić information content (AvgIpc) is 2.45. The second-order valence-electron chi connectivity index (χ2n) is 6.67. The molecule has 0 radical (unpaired) electrons. The van der Waals surface area contributed by atoms with Crippen molar-refractivity contribution in [1.29, 1.82) is 0 Å². The standard InChI is InChI=1S/C17H25NO4/c1-17(2,3)22-16(20)18-9-7-12(8-10-18)13-5-6-15(21-4)14(19)11-13/h5-6,11-12,19H,7-10H2,1-4H3. The van der Waals surface area contributed by atoms with Crippen LogP contribution in [0.3, 0.4) is 0 Å². The number of ether oxygens (including phenoxy) is 2. The first-order chi connectivity index (χ1) is 10.3. The van der Waals surface area contributed by atoms with Crippen molar-refractivity contribution in [2.45, 2.75) is 45.1 Å². The third-order valence-corrected chi connectivity index (χ3v) is 3.82. The van der Waals surface area contributed by atoms with E-state index in [0.29, 0.717) is 24.8 Å². The highest BCUT2D eigenvalue weighted by Gasteiger charge is 2.27. The van der Waals surface area contributed by atoms with Gasteiger partial charge in [0.05, 0.1) is 7.11 Å². The maximum Gasteiger partial charge on any atom is 0.410 e. The van der Waals surface area contributed by atoms with Gasteiger partial charge in [-0.05, 0) is 57.2 Å². The molecule has 1 aromatic rings. The summed E-state index contributed by atoms with van der Waals surface area (Å²) in [4.78, 5) is 13.8. The highest BCUT2D eigenvalue weighted by atomic mass is 16.6. The predicted molar refractivity (Wildman–Crippen MR) is 84.4 cm³/mol. The van der Waals surface area contributed by atoms with Gasteiger partial charge in [-0.25, -0.2) is 4.79 Å². The molecule has 1 aromatic carbocycles. The molecule has 1 saturated heterocycles. The molecule has 1 N–H and O–H groups in total. The Kier molecular flexibility index (Phi) is 4.84. The van der Waals surface area contributed by atoms with Crippen LogP contribution in [0.2, 0.25) is 0 Å². The molecule has 1 aliphatic rings. The molecule has 0 saturated carbocycles. The zero-order valence-corrected chi connectivity index (χ0v) is 13.8. The van der Waals surface area contributed by atoms with Gasteiger partial charge in [-0.15, -0.1) is 0 Å². The van der Waals surface area contributed by atoms with Crippen LogP contribution in [-0.2, 0) is 4.74 Å². The Balaban J connectivity index is 1.94. The number of hydrogen-bond donors (Lipinski definition) is 1. The monoisotopic (exact) mass is 307 g/mol. The summed E-state index contributed by atoms with van der Waals surface area (Å²) in [6, 6.07) is 5.52. The van der Waals surface area contributed by atoms with Crippen molar-refractivity contribution in [3.8, 4) is 11.5 Å². The van der Waals surface area contributed by atoms with E-state index in [1.54, 1.807) is 17.0 Å². The molecule has 0 aliphatic carbocycles. The molecular formula is C17H25NO4. The predicted octanol–water partition coefficient (Wildman–Crippen LogP) is 3.52. The molecule has 1 fully saturated rings. The van der Waals surface area contributed by atoms with Crippen LogP contribution in [0, 0.1) is 0 Å². The summed E-state index contributed by atoms with van der Waals surface area (Å²) in [7, 11) is 1.54. The molecule has 5 heteroatoms. The van der Waals surface area contributed by atoms with Crippen LogP contribution in [0.4, 0.5) is 4.79 Å². The number of carbonyl (C=O) groups is 1. The number of carbonyl (C=O) groups excluding carboxylic acids is 1. The van der Waals surface area contributed by atoms with Crippen molar-refractivity contribution in [2.24, 2.45) is 0 Å². The lowest BCUT2D eigenvalue weighted by molar-refractivity contribution is 0.0205. The molecule has 0 unspecified atom stereocenters. The molecule has 0 bridgehead atoms. The number of amides is 1. The molecule has 0 aromatic heterocycles. The number of rotatable bonds is 2. The Morgan fingerprint density at radius 3 is 2.41 bits per heavy atom. The number of methoxy groups -OCH3 is 1. The van der Waals surface area contributed by atoms with Crippen molar-refractivity contribution in [1.82, 2.24) is 4.90 Å². The normalized spacial score (nSPS) is 16.5. The molecule has 0 atom stereocenters. The number of benzene rings is 1. The first-order valence-corrected chi connectivity index (χ1v) is 7.65. The Bertz CT molecular complexity index is 528. The lowest BCUT2D eigenvalue weighted by atomic mass is 9.89. The van der Waals surface area contributed by atoms with Crippen LogP contribution < -0.4 is 4.74 Å². The molecule has 5 nitrogen and oxygen atoms in total. The number of piperidine rings is 1. The summed E-state index contributed by atoms with van der Waals surface area (Å²) in [5, 5.41) is 9.88. The summed E-state index contributed by atoms with van der Waals surface area (Å²) in [5.74, 6) is 0.986. The number of hydrogen-bond acceptors (Lipinski definition) is 4. The van der Waals surface area contributed by atoms with Crippen LogP contribution in [0.5, 0.6) is 11.5 Å². The van der Waals surface area contributed by atoms with Gasteiger partial charge in [-0.3, -0.25) is 0 Å². The maximum atomic E-state index is 12.0. The van der Waals surface area contributed by atoms with Gasteiger partial charge >= 0.3 is 6.09 Å². The van der Waals surface area contributed by atoms with E-state index in [-0.39, 0.29) is 11.8 Å². The Hall–Kier alpha value is -1.91. The molecule has 1 aliphatic heterocycles. The fourth-order valence-electron chi connectivity index (χ4n) is 2.68. The highest BCUT2D eigenvalue weighted by Crippen LogP contribution is 2.34. The number of phenols is 1. The number of nitrogens with zero attached hydrogens (tertiary/aromatic N) is 1. The van der Waals surface area contributed by atoms with E-state index in [1.807, 2.05) is 26.8 Å². The largest absolute Gasteiger partial charge is 0.504 e. The van der Waals surface area contributed by atoms with E-state index in [0.717, 1.165) is 18.4 Å². The van der Waals surface area contributed by atoms with E-state index in [2.05, 4.69) is 0 Å². The highest BCUT2D eigenvalue weighted by molar-refractivity contribution is 5.68. The quantitative estimate of drug-likeness (QED) is 0.908.